The summed E-state index contributed by atoms with van der Waals surface area (Å²) in [5.74, 6) is -1.04. The van der Waals surface area contributed by atoms with E-state index in [-0.39, 0.29) is 21.2 Å². The fraction of sp³-hybridized carbons (Fsp3) is 0. The largest absolute Gasteiger partial charge is 0.288 e. The van der Waals surface area contributed by atoms with Crippen LogP contribution in [0.2, 0.25) is 0 Å². The van der Waals surface area contributed by atoms with Crippen molar-refractivity contribution in [3.05, 3.63) is 57.6 Å². The predicted octanol–water partition coefficient (Wildman–Crippen LogP) is 3.34. The van der Waals surface area contributed by atoms with E-state index in [0.717, 1.165) is 12.2 Å². The minimum Gasteiger partial charge on any atom is -0.288 e. The molecule has 1 rings (SSSR count). The van der Waals surface area contributed by atoms with Crippen molar-refractivity contribution >= 4 is 34.8 Å². The highest BCUT2D eigenvalue weighted by Gasteiger charge is 2.13. The number of hydrogen-bond donors (Lipinski definition) is 0. The van der Waals surface area contributed by atoms with Gasteiger partial charge in [0.15, 0.2) is 0 Å². The number of nitrogens with zero attached hydrogens (tertiary/aromatic N) is 2. The van der Waals surface area contributed by atoms with Crippen LogP contribution in [0.15, 0.2) is 46.5 Å². The summed E-state index contributed by atoms with van der Waals surface area (Å²) in [4.78, 5) is 23.5. The second kappa shape index (κ2) is 7.25. The van der Waals surface area contributed by atoms with Crippen LogP contribution in [-0.4, -0.2) is 11.6 Å². The van der Waals surface area contributed by atoms with Crippen molar-refractivity contribution in [3.63, 3.8) is 0 Å². The number of carbonyl (C=O) groups excluding carboxylic acids is 2. The summed E-state index contributed by atoms with van der Waals surface area (Å²) >= 11 is 11.2. The van der Waals surface area contributed by atoms with Crippen LogP contribution < -0.4 is 0 Å². The maximum atomic E-state index is 11.7. The van der Waals surface area contributed by atoms with Gasteiger partial charge in [0.25, 0.3) is 0 Å². The third-order valence-electron chi connectivity index (χ3n) is 2.23. The Bertz CT molecular complexity index is 628. The molecule has 20 heavy (non-hydrogen) atoms. The first-order chi connectivity index (χ1) is 9.51. The summed E-state index contributed by atoms with van der Waals surface area (Å²) in [6, 6.07) is 8.86. The lowest BCUT2D eigenvalue weighted by atomic mass is 10.0. The van der Waals surface area contributed by atoms with Gasteiger partial charge in [-0.3, -0.25) is 9.59 Å². The Morgan fingerprint density at radius 1 is 0.850 bits per heavy atom. The molecule has 0 bridgehead atoms. The normalized spacial score (nSPS) is 11.4. The second-order valence-corrected chi connectivity index (χ2v) is 4.29. The van der Waals surface area contributed by atoms with Gasteiger partial charge in [-0.2, -0.15) is 10.5 Å². The molecule has 0 aliphatic heterocycles. The molecule has 0 aromatic heterocycles. The first-order valence-electron chi connectivity index (χ1n) is 5.21. The standard InChI is InChI=1S/C14H6Cl2N2O2/c15-11(5-7-17)13(19)9-1-2-10(4-3-9)14(20)12(16)6-8-18/h1-6H. The van der Waals surface area contributed by atoms with Gasteiger partial charge >= 0.3 is 0 Å². The summed E-state index contributed by atoms with van der Waals surface area (Å²) in [7, 11) is 0. The van der Waals surface area contributed by atoms with Crippen LogP contribution in [0.5, 0.6) is 0 Å². The molecular formula is C14H6Cl2N2O2. The number of nitriles is 2. The van der Waals surface area contributed by atoms with Crippen LogP contribution in [0.3, 0.4) is 0 Å². The smallest absolute Gasteiger partial charge is 0.205 e. The van der Waals surface area contributed by atoms with Crippen molar-refractivity contribution in [1.29, 1.82) is 10.5 Å². The fourth-order valence-corrected chi connectivity index (χ4v) is 1.61. The van der Waals surface area contributed by atoms with Gasteiger partial charge in [0.1, 0.15) is 0 Å². The second-order valence-electron chi connectivity index (χ2n) is 3.48. The fourth-order valence-electron chi connectivity index (χ4n) is 1.29. The molecule has 0 amide bonds. The molecular weight excluding hydrogens is 299 g/mol. The molecule has 98 valence electrons. The van der Waals surface area contributed by atoms with Crippen LogP contribution in [-0.2, 0) is 0 Å². The average Bonchev–Trinajstić information content (AvgIpc) is 2.46. The first kappa shape index (κ1) is 15.7. The zero-order valence-electron chi connectivity index (χ0n) is 9.93. The Morgan fingerprint density at radius 2 is 1.15 bits per heavy atom. The van der Waals surface area contributed by atoms with E-state index < -0.39 is 11.6 Å². The van der Waals surface area contributed by atoms with Gasteiger partial charge in [0, 0.05) is 23.3 Å². The Labute approximate surface area is 125 Å². The highest BCUT2D eigenvalue weighted by molar-refractivity contribution is 6.46. The van der Waals surface area contributed by atoms with Gasteiger partial charge in [-0.25, -0.2) is 0 Å². The summed E-state index contributed by atoms with van der Waals surface area (Å²) in [6.45, 7) is 0. The maximum absolute atomic E-state index is 11.7. The van der Waals surface area contributed by atoms with Crippen molar-refractivity contribution in [3.8, 4) is 12.1 Å². The molecule has 0 saturated heterocycles. The van der Waals surface area contributed by atoms with Gasteiger partial charge in [-0.15, -0.1) is 0 Å². The van der Waals surface area contributed by atoms with E-state index in [1.165, 1.54) is 24.3 Å². The van der Waals surface area contributed by atoms with Gasteiger partial charge in [0.2, 0.25) is 11.6 Å². The van der Waals surface area contributed by atoms with Crippen molar-refractivity contribution in [2.75, 3.05) is 0 Å². The summed E-state index contributed by atoms with van der Waals surface area (Å²) in [5, 5.41) is 16.4. The third kappa shape index (κ3) is 3.80. The molecule has 6 heteroatoms. The number of Topliss-reactive ketones (excluding diaryl/α,β-unsaturated/α-hetero) is 2. The Balaban J connectivity index is 3.02. The summed E-state index contributed by atoms with van der Waals surface area (Å²) in [5.41, 5.74) is 0.469. The maximum Gasteiger partial charge on any atom is 0.205 e. The van der Waals surface area contributed by atoms with E-state index >= 15 is 0 Å². The van der Waals surface area contributed by atoms with E-state index in [4.69, 9.17) is 33.7 Å². The van der Waals surface area contributed by atoms with Crippen molar-refractivity contribution < 1.29 is 9.59 Å². The minimum atomic E-state index is -0.522. The van der Waals surface area contributed by atoms with Crippen LogP contribution in [0.25, 0.3) is 0 Å². The van der Waals surface area contributed by atoms with Crippen LogP contribution >= 0.6 is 23.2 Å². The number of halogens is 2. The number of ketones is 2. The van der Waals surface area contributed by atoms with E-state index in [1.54, 1.807) is 12.1 Å². The monoisotopic (exact) mass is 304 g/mol. The molecule has 0 spiro atoms. The lowest BCUT2D eigenvalue weighted by Crippen LogP contribution is -2.02. The molecule has 0 unspecified atom stereocenters. The molecule has 0 fully saturated rings. The molecule has 1 aromatic carbocycles. The number of rotatable bonds is 4. The number of hydrogen-bond acceptors (Lipinski definition) is 4. The first-order valence-corrected chi connectivity index (χ1v) is 5.97. The minimum absolute atomic E-state index is 0.214. The van der Waals surface area contributed by atoms with Crippen molar-refractivity contribution in [2.24, 2.45) is 0 Å². The number of carbonyl (C=O) groups is 2. The molecule has 0 saturated carbocycles. The molecule has 0 atom stereocenters. The zero-order valence-corrected chi connectivity index (χ0v) is 11.4. The van der Waals surface area contributed by atoms with Crippen molar-refractivity contribution in [1.82, 2.24) is 0 Å². The Kier molecular flexibility index (Phi) is 5.68. The Hall–Kier alpha value is -2.40. The highest BCUT2D eigenvalue weighted by atomic mass is 35.5. The van der Waals surface area contributed by atoms with Gasteiger partial charge in [-0.1, -0.05) is 47.5 Å². The van der Waals surface area contributed by atoms with Crippen molar-refractivity contribution in [2.45, 2.75) is 0 Å². The number of allylic oxidation sites excluding steroid dienone is 4. The predicted molar refractivity (Wildman–Crippen MR) is 74.2 cm³/mol. The molecule has 0 radical (unpaired) electrons. The molecule has 0 aliphatic rings. The van der Waals surface area contributed by atoms with Crippen LogP contribution in [0, 0.1) is 22.7 Å². The topological polar surface area (TPSA) is 81.7 Å². The van der Waals surface area contributed by atoms with E-state index in [0.29, 0.717) is 0 Å². The molecule has 1 aromatic rings. The average molecular weight is 305 g/mol. The quantitative estimate of drug-likeness (QED) is 0.485. The van der Waals surface area contributed by atoms with Crippen LogP contribution in [0.4, 0.5) is 0 Å². The number of benzene rings is 1. The van der Waals surface area contributed by atoms with E-state index in [9.17, 15) is 9.59 Å². The summed E-state index contributed by atoms with van der Waals surface area (Å²) in [6.07, 6.45) is 1.85. The molecule has 0 heterocycles. The summed E-state index contributed by atoms with van der Waals surface area (Å²) < 4.78 is 0. The SMILES string of the molecule is N#CC=C(Cl)C(=O)c1ccc(C(=O)C(Cl)=CC#N)cc1. The van der Waals surface area contributed by atoms with Gasteiger partial charge < -0.3 is 0 Å². The molecule has 4 nitrogen and oxygen atoms in total. The molecule has 0 aliphatic carbocycles. The zero-order chi connectivity index (χ0) is 15.1. The third-order valence-corrected chi connectivity index (χ3v) is 2.79. The van der Waals surface area contributed by atoms with Gasteiger partial charge in [-0.05, 0) is 0 Å². The van der Waals surface area contributed by atoms with Gasteiger partial charge in [0.05, 0.1) is 22.2 Å². The van der Waals surface area contributed by atoms with Crippen LogP contribution in [0.1, 0.15) is 20.7 Å². The highest BCUT2D eigenvalue weighted by Crippen LogP contribution is 2.16. The Morgan fingerprint density at radius 3 is 1.40 bits per heavy atom. The lowest BCUT2D eigenvalue weighted by Gasteiger charge is -2.01. The van der Waals surface area contributed by atoms with E-state index in [2.05, 4.69) is 0 Å². The molecule has 0 N–H and O–H groups in total. The lowest BCUT2D eigenvalue weighted by molar-refractivity contribution is 0.103. The van der Waals surface area contributed by atoms with E-state index in [1.807, 2.05) is 0 Å².